The molecule has 2 aromatic rings. The lowest BCUT2D eigenvalue weighted by Crippen LogP contribution is -2.34. The number of nitrogens with zero attached hydrogens (tertiary/aromatic N) is 1. The molecule has 0 aliphatic rings. The summed E-state index contributed by atoms with van der Waals surface area (Å²) in [7, 11) is 0. The molecule has 0 aliphatic heterocycles. The normalized spacial score (nSPS) is 12.1. The van der Waals surface area contributed by atoms with E-state index in [0.717, 1.165) is 17.7 Å². The van der Waals surface area contributed by atoms with Gasteiger partial charge in [0.05, 0.1) is 18.3 Å². The molecule has 0 spiro atoms. The molecule has 0 fully saturated rings. The van der Waals surface area contributed by atoms with E-state index in [-0.39, 0.29) is 12.0 Å². The number of carbonyl (C=O) groups is 2. The van der Waals surface area contributed by atoms with Gasteiger partial charge in [-0.05, 0) is 40.8 Å². The minimum Gasteiger partial charge on any atom is -0.343 e. The zero-order valence-corrected chi connectivity index (χ0v) is 16.3. The van der Waals surface area contributed by atoms with Crippen LogP contribution < -0.4 is 10.7 Å². The van der Waals surface area contributed by atoms with Crippen molar-refractivity contribution in [3.05, 3.63) is 70.8 Å². The average molecular weight is 405 g/mol. The monoisotopic (exact) mass is 405 g/mol. The smallest absolute Gasteiger partial charge is 0.343 e. The van der Waals surface area contributed by atoms with Gasteiger partial charge in [0.1, 0.15) is 0 Å². The molecular formula is C21H22F3N3O2. The molecule has 0 bridgehead atoms. The van der Waals surface area contributed by atoms with E-state index in [2.05, 4.69) is 36.6 Å². The van der Waals surface area contributed by atoms with E-state index < -0.39 is 23.6 Å². The molecule has 154 valence electrons. The Kier molecular flexibility index (Phi) is 6.79. The first-order valence-corrected chi connectivity index (χ1v) is 8.85. The maximum absolute atomic E-state index is 12.5. The predicted molar refractivity (Wildman–Crippen MR) is 105 cm³/mol. The first-order chi connectivity index (χ1) is 13.5. The Morgan fingerprint density at radius 2 is 1.48 bits per heavy atom. The van der Waals surface area contributed by atoms with Gasteiger partial charge in [-0.25, -0.2) is 5.43 Å². The number of hydrogen-bond acceptors (Lipinski definition) is 3. The van der Waals surface area contributed by atoms with Crippen LogP contribution in [0.1, 0.15) is 47.8 Å². The molecule has 0 heterocycles. The van der Waals surface area contributed by atoms with Crippen molar-refractivity contribution in [2.75, 3.05) is 6.54 Å². The summed E-state index contributed by atoms with van der Waals surface area (Å²) in [4.78, 5) is 23.8. The van der Waals surface area contributed by atoms with Gasteiger partial charge in [-0.15, -0.1) is 0 Å². The van der Waals surface area contributed by atoms with Crippen molar-refractivity contribution in [2.24, 2.45) is 5.10 Å². The van der Waals surface area contributed by atoms with Crippen LogP contribution in [0.4, 0.5) is 13.2 Å². The minimum absolute atomic E-state index is 0.0278. The number of alkyl halides is 3. The second-order valence-electron chi connectivity index (χ2n) is 7.42. The fourth-order valence-electron chi connectivity index (χ4n) is 2.36. The van der Waals surface area contributed by atoms with E-state index in [1.165, 1.54) is 18.3 Å². The Hall–Kier alpha value is -3.16. The number of hydrazone groups is 1. The van der Waals surface area contributed by atoms with Crippen LogP contribution >= 0.6 is 0 Å². The van der Waals surface area contributed by atoms with Crippen LogP contribution in [0, 0.1) is 0 Å². The summed E-state index contributed by atoms with van der Waals surface area (Å²) in [6, 6.07) is 11.4. The van der Waals surface area contributed by atoms with Crippen molar-refractivity contribution in [3.8, 4) is 0 Å². The molecule has 2 N–H and O–H groups in total. The topological polar surface area (TPSA) is 70.6 Å². The predicted octanol–water partition coefficient (Wildman–Crippen LogP) is 3.88. The summed E-state index contributed by atoms with van der Waals surface area (Å²) in [5, 5.41) is 6.15. The van der Waals surface area contributed by atoms with E-state index in [0.29, 0.717) is 11.1 Å². The van der Waals surface area contributed by atoms with Crippen LogP contribution in [0.5, 0.6) is 0 Å². The molecule has 0 aliphatic carbocycles. The third-order valence-corrected chi connectivity index (χ3v) is 4.06. The van der Waals surface area contributed by atoms with Crippen LogP contribution in [0.15, 0.2) is 53.6 Å². The number of rotatable bonds is 5. The van der Waals surface area contributed by atoms with Crippen LogP contribution in [0.2, 0.25) is 0 Å². The highest BCUT2D eigenvalue weighted by Gasteiger charge is 2.29. The number of carbonyl (C=O) groups excluding carboxylic acids is 2. The molecule has 0 saturated carbocycles. The first kappa shape index (κ1) is 22.1. The molecule has 0 radical (unpaired) electrons. The second kappa shape index (κ2) is 8.89. The Morgan fingerprint density at radius 1 is 0.931 bits per heavy atom. The Morgan fingerprint density at radius 3 is 2.00 bits per heavy atom. The third kappa shape index (κ3) is 6.74. The molecule has 8 heteroatoms. The molecule has 0 aromatic heterocycles. The highest BCUT2D eigenvalue weighted by molar-refractivity contribution is 5.96. The van der Waals surface area contributed by atoms with E-state index in [9.17, 15) is 22.8 Å². The summed E-state index contributed by atoms with van der Waals surface area (Å²) in [5.74, 6) is -0.958. The maximum atomic E-state index is 12.5. The Balaban J connectivity index is 1.82. The van der Waals surface area contributed by atoms with Crippen molar-refractivity contribution < 1.29 is 22.8 Å². The summed E-state index contributed by atoms with van der Waals surface area (Å²) < 4.78 is 37.5. The number of amides is 2. The van der Waals surface area contributed by atoms with Gasteiger partial charge in [-0.1, -0.05) is 45.0 Å². The van der Waals surface area contributed by atoms with E-state index in [4.69, 9.17) is 0 Å². The molecule has 29 heavy (non-hydrogen) atoms. The highest BCUT2D eigenvalue weighted by atomic mass is 19.4. The summed E-state index contributed by atoms with van der Waals surface area (Å²) in [6.07, 6.45) is -3.19. The fourth-order valence-corrected chi connectivity index (χ4v) is 2.36. The molecule has 0 atom stereocenters. The largest absolute Gasteiger partial charge is 0.416 e. The third-order valence-electron chi connectivity index (χ3n) is 4.06. The maximum Gasteiger partial charge on any atom is 0.416 e. The lowest BCUT2D eigenvalue weighted by Gasteiger charge is -2.19. The van der Waals surface area contributed by atoms with Crippen molar-refractivity contribution in [3.63, 3.8) is 0 Å². The fraction of sp³-hybridized carbons (Fsp3) is 0.286. The van der Waals surface area contributed by atoms with Gasteiger partial charge in [0, 0.05) is 5.56 Å². The summed E-state index contributed by atoms with van der Waals surface area (Å²) >= 11 is 0. The van der Waals surface area contributed by atoms with Gasteiger partial charge in [-0.2, -0.15) is 18.3 Å². The average Bonchev–Trinajstić information content (AvgIpc) is 2.65. The van der Waals surface area contributed by atoms with Gasteiger partial charge in [-0.3, -0.25) is 9.59 Å². The molecule has 2 rings (SSSR count). The molecule has 5 nitrogen and oxygen atoms in total. The second-order valence-corrected chi connectivity index (χ2v) is 7.42. The van der Waals surface area contributed by atoms with E-state index in [1.807, 2.05) is 12.1 Å². The highest BCUT2D eigenvalue weighted by Crippen LogP contribution is 2.28. The lowest BCUT2D eigenvalue weighted by molar-refractivity contribution is -0.137. The van der Waals surface area contributed by atoms with Crippen LogP contribution in [0.3, 0.4) is 0 Å². The van der Waals surface area contributed by atoms with Crippen molar-refractivity contribution in [1.82, 2.24) is 10.7 Å². The standard InChI is InChI=1S/C21H22F3N3O2/c1-20(2,3)16-10-6-15(7-11-16)19(29)25-13-18(28)27-26-12-14-4-8-17(9-5-14)21(22,23)24/h4-12H,13H2,1-3H3,(H,25,29)(H,27,28)/b26-12+. The van der Waals surface area contributed by atoms with Gasteiger partial charge in [0.2, 0.25) is 0 Å². The van der Waals surface area contributed by atoms with Crippen molar-refractivity contribution >= 4 is 18.0 Å². The van der Waals surface area contributed by atoms with Gasteiger partial charge >= 0.3 is 6.18 Å². The van der Waals surface area contributed by atoms with E-state index >= 15 is 0 Å². The number of halogens is 3. The Labute approximate surface area is 167 Å². The van der Waals surface area contributed by atoms with Crippen LogP contribution in [0.25, 0.3) is 0 Å². The Bertz CT molecular complexity index is 881. The quantitative estimate of drug-likeness (QED) is 0.585. The van der Waals surface area contributed by atoms with Crippen LogP contribution in [-0.4, -0.2) is 24.6 Å². The molecule has 0 unspecified atom stereocenters. The number of hydrogen-bond donors (Lipinski definition) is 2. The molecule has 2 amide bonds. The van der Waals surface area contributed by atoms with Gasteiger partial charge in [0.15, 0.2) is 0 Å². The summed E-state index contributed by atoms with van der Waals surface area (Å²) in [5.41, 5.74) is 3.32. The SMILES string of the molecule is CC(C)(C)c1ccc(C(=O)NCC(=O)N/N=C/c2ccc(C(F)(F)F)cc2)cc1. The lowest BCUT2D eigenvalue weighted by atomic mass is 9.87. The number of nitrogens with one attached hydrogen (secondary N) is 2. The zero-order valence-electron chi connectivity index (χ0n) is 16.3. The molecular weight excluding hydrogens is 383 g/mol. The minimum atomic E-state index is -4.41. The molecule has 0 saturated heterocycles. The van der Waals surface area contributed by atoms with E-state index in [1.54, 1.807) is 12.1 Å². The van der Waals surface area contributed by atoms with Gasteiger partial charge in [0.25, 0.3) is 11.8 Å². The van der Waals surface area contributed by atoms with Crippen molar-refractivity contribution in [2.45, 2.75) is 32.4 Å². The van der Waals surface area contributed by atoms with Gasteiger partial charge < -0.3 is 5.32 Å². The number of benzene rings is 2. The molecule has 2 aromatic carbocycles. The summed E-state index contributed by atoms with van der Waals surface area (Å²) in [6.45, 7) is 5.91. The first-order valence-electron chi connectivity index (χ1n) is 8.85. The zero-order chi connectivity index (χ0) is 21.7. The van der Waals surface area contributed by atoms with Crippen molar-refractivity contribution in [1.29, 1.82) is 0 Å². The van der Waals surface area contributed by atoms with Crippen LogP contribution in [-0.2, 0) is 16.4 Å².